The third-order valence-corrected chi connectivity index (χ3v) is 4.27. The fraction of sp³-hybridized carbons (Fsp3) is 0.438. The molecule has 134 valence electrons. The van der Waals surface area contributed by atoms with Gasteiger partial charge in [-0.2, -0.15) is 5.10 Å². The van der Waals surface area contributed by atoms with E-state index in [2.05, 4.69) is 10.1 Å². The van der Waals surface area contributed by atoms with E-state index in [4.69, 9.17) is 4.74 Å². The summed E-state index contributed by atoms with van der Waals surface area (Å²) in [7, 11) is 2.98. The number of alkyl halides is 2. The monoisotopic (exact) mass is 351 g/mol. The van der Waals surface area contributed by atoms with Crippen LogP contribution in [-0.2, 0) is 7.05 Å². The first-order valence-electron chi connectivity index (χ1n) is 7.85. The lowest BCUT2D eigenvalue weighted by molar-refractivity contribution is 0.0732. The fourth-order valence-electron chi connectivity index (χ4n) is 2.86. The average Bonchev–Trinajstić information content (AvgIpc) is 3.03. The molecular weight excluding hydrogens is 332 g/mol. The number of ether oxygens (including phenoxy) is 1. The van der Waals surface area contributed by atoms with Crippen LogP contribution in [-0.4, -0.2) is 58.9 Å². The van der Waals surface area contributed by atoms with Gasteiger partial charge in [0, 0.05) is 33.2 Å². The highest BCUT2D eigenvalue weighted by molar-refractivity contribution is 5.95. The standard InChI is InChI=1S/C16H19F2N5O2/c1-21-14(15(17)18)12(10-20-21)16(24)23-7-5-22(6-8-23)13-4-3-11(25-2)9-19-13/h3-4,9-10,15H,5-8H2,1-2H3. The number of hydrogen-bond acceptors (Lipinski definition) is 5. The molecule has 0 spiro atoms. The van der Waals surface area contributed by atoms with Crippen molar-refractivity contribution in [3.05, 3.63) is 35.8 Å². The van der Waals surface area contributed by atoms with Gasteiger partial charge in [0.1, 0.15) is 17.3 Å². The summed E-state index contributed by atoms with van der Waals surface area (Å²) in [5.74, 6) is 1.06. The third-order valence-electron chi connectivity index (χ3n) is 4.27. The molecule has 1 aliphatic rings. The van der Waals surface area contributed by atoms with Gasteiger partial charge in [-0.05, 0) is 12.1 Å². The van der Waals surface area contributed by atoms with Crippen molar-refractivity contribution in [2.45, 2.75) is 6.43 Å². The minimum atomic E-state index is -2.74. The summed E-state index contributed by atoms with van der Waals surface area (Å²) in [4.78, 5) is 20.5. The van der Waals surface area contributed by atoms with Gasteiger partial charge in [0.25, 0.3) is 12.3 Å². The Labute approximate surface area is 143 Å². The van der Waals surface area contributed by atoms with Crippen LogP contribution in [0.5, 0.6) is 5.75 Å². The topological polar surface area (TPSA) is 63.5 Å². The maximum atomic E-state index is 13.1. The van der Waals surface area contributed by atoms with E-state index in [1.807, 2.05) is 17.0 Å². The predicted molar refractivity (Wildman–Crippen MR) is 87.1 cm³/mol. The number of piperazine rings is 1. The summed E-state index contributed by atoms with van der Waals surface area (Å²) in [5.41, 5.74) is -0.377. The van der Waals surface area contributed by atoms with Gasteiger partial charge in [-0.25, -0.2) is 13.8 Å². The van der Waals surface area contributed by atoms with Crippen molar-refractivity contribution < 1.29 is 18.3 Å². The third kappa shape index (κ3) is 3.40. The zero-order valence-electron chi connectivity index (χ0n) is 14.0. The van der Waals surface area contributed by atoms with Gasteiger partial charge < -0.3 is 14.5 Å². The quantitative estimate of drug-likeness (QED) is 0.839. The van der Waals surface area contributed by atoms with E-state index >= 15 is 0 Å². The van der Waals surface area contributed by atoms with Crippen LogP contribution >= 0.6 is 0 Å². The van der Waals surface area contributed by atoms with Gasteiger partial charge in [-0.3, -0.25) is 9.48 Å². The molecule has 7 nitrogen and oxygen atoms in total. The molecule has 0 atom stereocenters. The molecule has 9 heteroatoms. The number of carbonyl (C=O) groups is 1. The number of aryl methyl sites for hydroxylation is 1. The van der Waals surface area contributed by atoms with Crippen LogP contribution in [0.15, 0.2) is 24.5 Å². The van der Waals surface area contributed by atoms with E-state index < -0.39 is 12.3 Å². The van der Waals surface area contributed by atoms with Crippen LogP contribution in [0.2, 0.25) is 0 Å². The van der Waals surface area contributed by atoms with Crippen molar-refractivity contribution in [3.8, 4) is 5.75 Å². The number of aromatic nitrogens is 3. The molecule has 0 bridgehead atoms. The smallest absolute Gasteiger partial charge is 0.280 e. The van der Waals surface area contributed by atoms with Gasteiger partial charge in [0.15, 0.2) is 0 Å². The van der Waals surface area contributed by atoms with E-state index in [0.717, 1.165) is 10.5 Å². The Balaban J connectivity index is 1.66. The lowest BCUT2D eigenvalue weighted by atomic mass is 10.2. The Bertz CT molecular complexity index is 739. The predicted octanol–water partition coefficient (Wildman–Crippen LogP) is 1.72. The molecule has 2 aromatic heterocycles. The number of rotatable bonds is 4. The number of hydrogen-bond donors (Lipinski definition) is 0. The molecule has 0 unspecified atom stereocenters. The van der Waals surface area contributed by atoms with Gasteiger partial charge in [-0.1, -0.05) is 0 Å². The lowest BCUT2D eigenvalue weighted by Crippen LogP contribution is -2.49. The van der Waals surface area contributed by atoms with Gasteiger partial charge >= 0.3 is 0 Å². The summed E-state index contributed by atoms with van der Waals surface area (Å²) in [6.45, 7) is 2.03. The first-order chi connectivity index (χ1) is 12.0. The molecule has 3 heterocycles. The lowest BCUT2D eigenvalue weighted by Gasteiger charge is -2.35. The van der Waals surface area contributed by atoms with Crippen molar-refractivity contribution in [1.82, 2.24) is 19.7 Å². The van der Waals surface area contributed by atoms with Crippen molar-refractivity contribution >= 4 is 11.7 Å². The summed E-state index contributed by atoms with van der Waals surface area (Å²) in [5, 5.41) is 3.79. The fourth-order valence-corrected chi connectivity index (χ4v) is 2.86. The van der Waals surface area contributed by atoms with Crippen molar-refractivity contribution in [3.63, 3.8) is 0 Å². The molecule has 3 rings (SSSR count). The first-order valence-corrected chi connectivity index (χ1v) is 7.85. The van der Waals surface area contributed by atoms with E-state index in [1.165, 1.54) is 13.2 Å². The molecule has 0 saturated carbocycles. The summed E-state index contributed by atoms with van der Waals surface area (Å²) in [6, 6.07) is 3.68. The number of anilines is 1. The number of pyridine rings is 1. The van der Waals surface area contributed by atoms with Crippen LogP contribution in [0.1, 0.15) is 22.5 Å². The van der Waals surface area contributed by atoms with Crippen molar-refractivity contribution in [2.24, 2.45) is 7.05 Å². The van der Waals surface area contributed by atoms with E-state index in [1.54, 1.807) is 18.2 Å². The maximum absolute atomic E-state index is 13.1. The number of nitrogens with zero attached hydrogens (tertiary/aromatic N) is 5. The Morgan fingerprint density at radius 3 is 2.48 bits per heavy atom. The highest BCUT2D eigenvalue weighted by Crippen LogP contribution is 2.24. The van der Waals surface area contributed by atoms with Crippen LogP contribution in [0.3, 0.4) is 0 Å². The molecule has 1 amide bonds. The maximum Gasteiger partial charge on any atom is 0.280 e. The van der Waals surface area contributed by atoms with Crippen LogP contribution < -0.4 is 9.64 Å². The second kappa shape index (κ2) is 7.04. The highest BCUT2D eigenvalue weighted by Gasteiger charge is 2.29. The zero-order chi connectivity index (χ0) is 18.0. The number of amides is 1. The van der Waals surface area contributed by atoms with Crippen LogP contribution in [0.25, 0.3) is 0 Å². The Morgan fingerprint density at radius 1 is 1.20 bits per heavy atom. The van der Waals surface area contributed by atoms with E-state index in [0.29, 0.717) is 31.9 Å². The first kappa shape index (κ1) is 17.1. The Morgan fingerprint density at radius 2 is 1.92 bits per heavy atom. The number of methoxy groups -OCH3 is 1. The van der Waals surface area contributed by atoms with E-state index in [9.17, 15) is 13.6 Å². The molecule has 0 aromatic carbocycles. The Hall–Kier alpha value is -2.71. The van der Waals surface area contributed by atoms with E-state index in [-0.39, 0.29) is 11.3 Å². The SMILES string of the molecule is COc1ccc(N2CCN(C(=O)c3cnn(C)c3C(F)F)CC2)nc1. The molecule has 1 saturated heterocycles. The molecular formula is C16H19F2N5O2. The highest BCUT2D eigenvalue weighted by atomic mass is 19.3. The largest absolute Gasteiger partial charge is 0.495 e. The van der Waals surface area contributed by atoms with Gasteiger partial charge in [0.05, 0.1) is 25.1 Å². The summed E-state index contributed by atoms with van der Waals surface area (Å²) >= 11 is 0. The number of carbonyl (C=O) groups excluding carboxylic acids is 1. The normalized spacial score (nSPS) is 14.9. The number of halogens is 2. The van der Waals surface area contributed by atoms with Crippen molar-refractivity contribution in [2.75, 3.05) is 38.2 Å². The molecule has 1 aliphatic heterocycles. The Kier molecular flexibility index (Phi) is 4.82. The second-order valence-electron chi connectivity index (χ2n) is 5.70. The summed E-state index contributed by atoms with van der Waals surface area (Å²) < 4.78 is 32.4. The molecule has 0 radical (unpaired) electrons. The average molecular weight is 351 g/mol. The van der Waals surface area contributed by atoms with Crippen LogP contribution in [0, 0.1) is 0 Å². The minimum Gasteiger partial charge on any atom is -0.495 e. The molecule has 0 aliphatic carbocycles. The van der Waals surface area contributed by atoms with Gasteiger partial charge in [0.2, 0.25) is 0 Å². The molecule has 1 fully saturated rings. The zero-order valence-corrected chi connectivity index (χ0v) is 14.0. The minimum absolute atomic E-state index is 0.0338. The van der Waals surface area contributed by atoms with Crippen molar-refractivity contribution in [1.29, 1.82) is 0 Å². The molecule has 25 heavy (non-hydrogen) atoms. The second-order valence-corrected chi connectivity index (χ2v) is 5.70. The molecule has 2 aromatic rings. The molecule has 0 N–H and O–H groups in total. The van der Waals surface area contributed by atoms with Crippen LogP contribution in [0.4, 0.5) is 14.6 Å². The van der Waals surface area contributed by atoms with Gasteiger partial charge in [-0.15, -0.1) is 0 Å². The summed E-state index contributed by atoms with van der Waals surface area (Å²) in [6.07, 6.45) is 0.106.